The van der Waals surface area contributed by atoms with Gasteiger partial charge in [0.25, 0.3) is 0 Å². The van der Waals surface area contributed by atoms with Gasteiger partial charge < -0.3 is 14.6 Å². The van der Waals surface area contributed by atoms with E-state index in [0.717, 1.165) is 34.8 Å². The average molecular weight is 362 g/mol. The van der Waals surface area contributed by atoms with E-state index in [1.165, 1.54) is 0 Å². The van der Waals surface area contributed by atoms with E-state index in [4.69, 9.17) is 4.74 Å². The van der Waals surface area contributed by atoms with Gasteiger partial charge >= 0.3 is 0 Å². The fourth-order valence-corrected chi connectivity index (χ4v) is 3.09. The molecule has 5 nitrogen and oxygen atoms in total. The first-order chi connectivity index (χ1) is 10.7. The molecule has 1 saturated heterocycles. The Morgan fingerprint density at radius 1 is 1.55 bits per heavy atom. The van der Waals surface area contributed by atoms with Crippen LogP contribution in [0.15, 0.2) is 28.9 Å². The summed E-state index contributed by atoms with van der Waals surface area (Å²) >= 11 is 3.41. The molecular weight excluding hydrogens is 346 g/mol. The SMILES string of the molecule is N#Cc1cn(CC(=O)NC[C@@H]2CCCO2)c2ccc(Br)cc12. The van der Waals surface area contributed by atoms with Crippen LogP contribution in [-0.2, 0) is 16.1 Å². The average Bonchev–Trinajstić information content (AvgIpc) is 3.13. The summed E-state index contributed by atoms with van der Waals surface area (Å²) in [5.74, 6) is -0.0696. The molecule has 0 unspecified atom stereocenters. The standard InChI is InChI=1S/C16H16BrN3O2/c17-12-3-4-15-14(6-12)11(7-18)9-20(15)10-16(21)19-8-13-2-1-5-22-13/h3-4,6,9,13H,1-2,5,8,10H2,(H,19,21)/t13-/m0/s1. The van der Waals surface area contributed by atoms with E-state index in [1.807, 2.05) is 22.8 Å². The minimum atomic E-state index is -0.0696. The molecule has 3 rings (SSSR count). The smallest absolute Gasteiger partial charge is 0.240 e. The first-order valence-corrected chi connectivity index (χ1v) is 8.03. The predicted molar refractivity (Wildman–Crippen MR) is 86.3 cm³/mol. The van der Waals surface area contributed by atoms with E-state index < -0.39 is 0 Å². The number of fused-ring (bicyclic) bond motifs is 1. The molecule has 0 radical (unpaired) electrons. The zero-order chi connectivity index (χ0) is 15.5. The molecule has 1 aliphatic heterocycles. The van der Waals surface area contributed by atoms with Crippen molar-refractivity contribution in [3.05, 3.63) is 34.4 Å². The summed E-state index contributed by atoms with van der Waals surface area (Å²) in [6.07, 6.45) is 3.92. The molecular formula is C16H16BrN3O2. The summed E-state index contributed by atoms with van der Waals surface area (Å²) < 4.78 is 8.21. The van der Waals surface area contributed by atoms with Crippen molar-refractivity contribution in [3.63, 3.8) is 0 Å². The highest BCUT2D eigenvalue weighted by molar-refractivity contribution is 9.10. The second-order valence-corrected chi connectivity index (χ2v) is 6.30. The second-order valence-electron chi connectivity index (χ2n) is 5.38. The number of aromatic nitrogens is 1. The Bertz CT molecular complexity index is 742. The molecule has 0 aliphatic carbocycles. The van der Waals surface area contributed by atoms with E-state index in [-0.39, 0.29) is 18.6 Å². The van der Waals surface area contributed by atoms with Crippen molar-refractivity contribution in [2.75, 3.05) is 13.2 Å². The third-order valence-electron chi connectivity index (χ3n) is 3.83. The number of halogens is 1. The van der Waals surface area contributed by atoms with Crippen LogP contribution < -0.4 is 5.32 Å². The van der Waals surface area contributed by atoms with Gasteiger partial charge in [0.05, 0.1) is 11.7 Å². The normalized spacial score (nSPS) is 17.5. The van der Waals surface area contributed by atoms with Crippen LogP contribution in [-0.4, -0.2) is 29.7 Å². The van der Waals surface area contributed by atoms with Crippen LogP contribution in [0.1, 0.15) is 18.4 Å². The zero-order valence-corrected chi connectivity index (χ0v) is 13.6. The summed E-state index contributed by atoms with van der Waals surface area (Å²) in [6.45, 7) is 1.53. The molecule has 0 saturated carbocycles. The van der Waals surface area contributed by atoms with Crippen LogP contribution in [0, 0.1) is 11.3 Å². The molecule has 22 heavy (non-hydrogen) atoms. The fourth-order valence-electron chi connectivity index (χ4n) is 2.73. The van der Waals surface area contributed by atoms with Crippen LogP contribution in [0.4, 0.5) is 0 Å². The Balaban J connectivity index is 1.73. The molecule has 1 aromatic heterocycles. The molecule has 1 fully saturated rings. The lowest BCUT2D eigenvalue weighted by atomic mass is 10.2. The third kappa shape index (κ3) is 3.16. The van der Waals surface area contributed by atoms with Gasteiger partial charge in [-0.15, -0.1) is 0 Å². The van der Waals surface area contributed by atoms with E-state index in [0.29, 0.717) is 12.1 Å². The van der Waals surface area contributed by atoms with E-state index in [1.54, 1.807) is 6.20 Å². The highest BCUT2D eigenvalue weighted by Gasteiger charge is 2.17. The first kappa shape index (κ1) is 15.1. The summed E-state index contributed by atoms with van der Waals surface area (Å²) in [7, 11) is 0. The highest BCUT2D eigenvalue weighted by Crippen LogP contribution is 2.24. The van der Waals surface area contributed by atoms with Crippen LogP contribution in [0.2, 0.25) is 0 Å². The number of nitrogens with one attached hydrogen (secondary N) is 1. The lowest BCUT2D eigenvalue weighted by molar-refractivity contribution is -0.122. The van der Waals surface area contributed by atoms with Gasteiger partial charge in [-0.1, -0.05) is 15.9 Å². The molecule has 0 bridgehead atoms. The molecule has 114 valence electrons. The van der Waals surface area contributed by atoms with Crippen molar-refractivity contribution in [1.82, 2.24) is 9.88 Å². The van der Waals surface area contributed by atoms with Crippen LogP contribution in [0.3, 0.4) is 0 Å². The first-order valence-electron chi connectivity index (χ1n) is 7.24. The molecule has 6 heteroatoms. The van der Waals surface area contributed by atoms with Gasteiger partial charge in [-0.25, -0.2) is 0 Å². The van der Waals surface area contributed by atoms with Crippen molar-refractivity contribution in [3.8, 4) is 6.07 Å². The number of amides is 1. The number of carbonyl (C=O) groups excluding carboxylic acids is 1. The number of hydrogen-bond acceptors (Lipinski definition) is 3. The maximum atomic E-state index is 12.1. The monoisotopic (exact) mass is 361 g/mol. The van der Waals surface area contributed by atoms with Crippen molar-refractivity contribution in [2.45, 2.75) is 25.5 Å². The Morgan fingerprint density at radius 2 is 2.41 bits per heavy atom. The minimum Gasteiger partial charge on any atom is -0.376 e. The molecule has 1 atom stereocenters. The number of rotatable bonds is 4. The van der Waals surface area contributed by atoms with E-state index in [9.17, 15) is 10.1 Å². The number of nitriles is 1. The molecule has 1 aromatic carbocycles. The maximum Gasteiger partial charge on any atom is 0.240 e. The molecule has 1 amide bonds. The summed E-state index contributed by atoms with van der Waals surface area (Å²) in [4.78, 5) is 12.1. The Labute approximate surface area is 137 Å². The lowest BCUT2D eigenvalue weighted by Crippen LogP contribution is -2.34. The lowest BCUT2D eigenvalue weighted by Gasteiger charge is -2.11. The Hall–Kier alpha value is -1.84. The van der Waals surface area contributed by atoms with Crippen molar-refractivity contribution < 1.29 is 9.53 Å². The Kier molecular flexibility index (Phi) is 4.46. The Morgan fingerprint density at radius 3 is 3.14 bits per heavy atom. The molecule has 1 aliphatic rings. The van der Waals surface area contributed by atoms with Crippen LogP contribution in [0.25, 0.3) is 10.9 Å². The highest BCUT2D eigenvalue weighted by atomic mass is 79.9. The largest absolute Gasteiger partial charge is 0.376 e. The van der Waals surface area contributed by atoms with Gasteiger partial charge in [0, 0.05) is 34.7 Å². The number of hydrogen-bond donors (Lipinski definition) is 1. The van der Waals surface area contributed by atoms with Crippen LogP contribution >= 0.6 is 15.9 Å². The maximum absolute atomic E-state index is 12.1. The number of ether oxygens (including phenoxy) is 1. The van der Waals surface area contributed by atoms with Gasteiger partial charge in [0.2, 0.25) is 5.91 Å². The van der Waals surface area contributed by atoms with Gasteiger partial charge in [0.15, 0.2) is 0 Å². The van der Waals surface area contributed by atoms with Gasteiger partial charge in [-0.05, 0) is 31.0 Å². The van der Waals surface area contributed by atoms with Crippen molar-refractivity contribution in [1.29, 1.82) is 5.26 Å². The van der Waals surface area contributed by atoms with Crippen molar-refractivity contribution in [2.24, 2.45) is 0 Å². The minimum absolute atomic E-state index is 0.0696. The molecule has 1 N–H and O–H groups in total. The van der Waals surface area contributed by atoms with E-state index >= 15 is 0 Å². The quantitative estimate of drug-likeness (QED) is 0.909. The number of carbonyl (C=O) groups is 1. The predicted octanol–water partition coefficient (Wildman–Crippen LogP) is 2.57. The number of benzene rings is 1. The van der Waals surface area contributed by atoms with Gasteiger partial charge in [0.1, 0.15) is 12.6 Å². The third-order valence-corrected chi connectivity index (χ3v) is 4.32. The zero-order valence-electron chi connectivity index (χ0n) is 12.0. The summed E-state index contributed by atoms with van der Waals surface area (Å²) in [6, 6.07) is 7.89. The van der Waals surface area contributed by atoms with Crippen molar-refractivity contribution >= 4 is 32.7 Å². The van der Waals surface area contributed by atoms with E-state index in [2.05, 4.69) is 27.3 Å². The topological polar surface area (TPSA) is 67.0 Å². The molecule has 2 heterocycles. The number of nitrogens with zero attached hydrogens (tertiary/aromatic N) is 2. The van der Waals surface area contributed by atoms with Gasteiger partial charge in [-0.3, -0.25) is 4.79 Å². The molecule has 2 aromatic rings. The fraction of sp³-hybridized carbons (Fsp3) is 0.375. The van der Waals surface area contributed by atoms with Gasteiger partial charge in [-0.2, -0.15) is 5.26 Å². The summed E-state index contributed by atoms with van der Waals surface area (Å²) in [5.41, 5.74) is 1.45. The molecule has 0 spiro atoms. The second kappa shape index (κ2) is 6.51. The summed E-state index contributed by atoms with van der Waals surface area (Å²) in [5, 5.41) is 13.0. The van der Waals surface area contributed by atoms with Crippen LogP contribution in [0.5, 0.6) is 0 Å².